The van der Waals surface area contributed by atoms with Gasteiger partial charge in [0.15, 0.2) is 17.4 Å². The van der Waals surface area contributed by atoms with E-state index in [1.807, 2.05) is 0 Å². The first-order valence-electron chi connectivity index (χ1n) is 2.53. The molecule has 0 amide bonds. The largest absolute Gasteiger partial charge is 0.328 e. The fourth-order valence-corrected chi connectivity index (χ4v) is 0.714. The Kier molecular flexibility index (Phi) is 6.17. The van der Waals surface area contributed by atoms with Crippen LogP contribution in [0.1, 0.15) is 20.3 Å². The van der Waals surface area contributed by atoms with Crippen molar-refractivity contribution < 1.29 is 14.4 Å². The number of hydrogen-bond acceptors (Lipinski definition) is 1. The van der Waals surface area contributed by atoms with Gasteiger partial charge in [-0.05, 0) is 6.42 Å². The van der Waals surface area contributed by atoms with Crippen LogP contribution in [-0.4, -0.2) is 32.8 Å². The highest BCUT2D eigenvalue weighted by Crippen LogP contribution is 2.42. The minimum Gasteiger partial charge on any atom is -0.324 e. The highest BCUT2D eigenvalue weighted by atomic mass is 31.2. The summed E-state index contributed by atoms with van der Waals surface area (Å²) in [4.78, 5) is 16.8. The molecule has 1 unspecified atom stereocenters. The lowest BCUT2D eigenvalue weighted by atomic mass is 10.4. The number of hydrogen-bond donors (Lipinski definition) is 2. The first kappa shape index (κ1) is 12.4. The lowest BCUT2D eigenvalue weighted by molar-refractivity contribution is 0.359. The van der Waals surface area contributed by atoms with Gasteiger partial charge in [0, 0.05) is 0 Å². The Bertz CT molecular complexity index is 110. The molecule has 0 aromatic rings. The van der Waals surface area contributed by atoms with E-state index in [0.29, 0.717) is 6.42 Å². The van der Waals surface area contributed by atoms with E-state index in [2.05, 4.69) is 0 Å². The molecule has 56 valence electrons. The summed E-state index contributed by atoms with van der Waals surface area (Å²) >= 11 is 0. The van der Waals surface area contributed by atoms with E-state index in [9.17, 15) is 4.57 Å². The van der Waals surface area contributed by atoms with Crippen molar-refractivity contribution in [2.75, 3.05) is 0 Å². The van der Waals surface area contributed by atoms with E-state index in [-0.39, 0.29) is 17.4 Å². The molecule has 0 aromatic carbocycles. The Hall–Kier alpha value is 0.682. The second kappa shape index (κ2) is 4.49. The van der Waals surface area contributed by atoms with E-state index < -0.39 is 13.3 Å². The van der Waals surface area contributed by atoms with E-state index in [1.165, 1.54) is 0 Å². The maximum absolute atomic E-state index is 10.3. The topological polar surface area (TPSA) is 57.5 Å². The van der Waals surface area contributed by atoms with Gasteiger partial charge < -0.3 is 9.79 Å². The van der Waals surface area contributed by atoms with Crippen molar-refractivity contribution >= 4 is 25.0 Å². The molecule has 0 fully saturated rings. The Morgan fingerprint density at radius 1 is 1.56 bits per heavy atom. The fraction of sp³-hybridized carbons (Fsp3) is 1.00. The molecule has 0 aromatic heterocycles. The summed E-state index contributed by atoms with van der Waals surface area (Å²) in [7, 11) is -3.76. The van der Waals surface area contributed by atoms with Crippen molar-refractivity contribution in [1.29, 1.82) is 0 Å². The molecule has 0 saturated carbocycles. The molecule has 9 heavy (non-hydrogen) atoms. The van der Waals surface area contributed by atoms with Crippen molar-refractivity contribution in [2.24, 2.45) is 0 Å². The van der Waals surface area contributed by atoms with E-state index >= 15 is 0 Å². The molecule has 0 radical (unpaired) electrons. The van der Waals surface area contributed by atoms with Crippen LogP contribution in [0.5, 0.6) is 0 Å². The van der Waals surface area contributed by atoms with Gasteiger partial charge in [-0.1, -0.05) is 13.8 Å². The zero-order valence-electron chi connectivity index (χ0n) is 5.03. The van der Waals surface area contributed by atoms with Gasteiger partial charge in [0.2, 0.25) is 0 Å². The Balaban J connectivity index is 0. The molecule has 0 saturated heterocycles. The molecule has 0 heterocycles. The normalized spacial score (nSPS) is 14.2. The first-order valence-corrected chi connectivity index (χ1v) is 4.22. The smallest absolute Gasteiger partial charge is 0.324 e. The van der Waals surface area contributed by atoms with E-state index in [1.54, 1.807) is 13.8 Å². The zero-order chi connectivity index (χ0) is 6.78. The maximum Gasteiger partial charge on any atom is 0.328 e. The highest BCUT2D eigenvalue weighted by Gasteiger charge is 2.20. The molecule has 0 rings (SSSR count). The minimum atomic E-state index is -3.76. The summed E-state index contributed by atoms with van der Waals surface area (Å²) in [6, 6.07) is 0. The molecule has 3 nitrogen and oxygen atoms in total. The molecule has 0 aliphatic heterocycles. The van der Waals surface area contributed by atoms with Gasteiger partial charge in [0.25, 0.3) is 0 Å². The third kappa shape index (κ3) is 5.14. The summed E-state index contributed by atoms with van der Waals surface area (Å²) in [6.07, 6.45) is 0.532. The van der Waals surface area contributed by atoms with Gasteiger partial charge in [0.1, 0.15) is 0 Å². The predicted molar refractivity (Wildman–Crippen MR) is 41.7 cm³/mol. The summed E-state index contributed by atoms with van der Waals surface area (Å²) in [5, 5.41) is 0. The van der Waals surface area contributed by atoms with Crippen molar-refractivity contribution in [3.05, 3.63) is 0 Å². The molecule has 2 N–H and O–H groups in total. The minimum absolute atomic E-state index is 0. The Labute approximate surface area is 65.8 Å². The van der Waals surface area contributed by atoms with Gasteiger partial charge in [-0.2, -0.15) is 0 Å². The van der Waals surface area contributed by atoms with Crippen molar-refractivity contribution in [3.8, 4) is 0 Å². The van der Waals surface area contributed by atoms with E-state index in [0.717, 1.165) is 0 Å². The molecular weight excluding hydrogens is 154 g/mol. The van der Waals surface area contributed by atoms with Gasteiger partial charge in [0.05, 0.1) is 5.66 Å². The predicted octanol–water partition coefficient (Wildman–Crippen LogP) is -0.221. The molecule has 0 bridgehead atoms. The Morgan fingerprint density at radius 2 is 1.89 bits per heavy atom. The van der Waals surface area contributed by atoms with Crippen LogP contribution in [-0.2, 0) is 4.57 Å². The van der Waals surface area contributed by atoms with Crippen molar-refractivity contribution in [2.45, 2.75) is 25.9 Å². The van der Waals surface area contributed by atoms with Crippen LogP contribution in [0.25, 0.3) is 0 Å². The molecule has 5 heteroatoms. The van der Waals surface area contributed by atoms with Crippen LogP contribution in [0.2, 0.25) is 0 Å². The Morgan fingerprint density at radius 3 is 1.89 bits per heavy atom. The van der Waals surface area contributed by atoms with Gasteiger partial charge >= 0.3 is 7.60 Å². The highest BCUT2D eigenvalue weighted by molar-refractivity contribution is 7.52. The summed E-state index contributed by atoms with van der Waals surface area (Å²) < 4.78 is 10.3. The van der Waals surface area contributed by atoms with Gasteiger partial charge in [-0.3, -0.25) is 4.57 Å². The van der Waals surface area contributed by atoms with Crippen LogP contribution >= 0.6 is 7.60 Å². The molecule has 0 aliphatic rings. The van der Waals surface area contributed by atoms with Crippen LogP contribution in [0.15, 0.2) is 0 Å². The average molecular weight is 168 g/mol. The first-order chi connectivity index (χ1) is 3.48. The lowest BCUT2D eigenvalue weighted by Crippen LogP contribution is -1.99. The van der Waals surface area contributed by atoms with Crippen LogP contribution < -0.4 is 0 Å². The quantitative estimate of drug-likeness (QED) is 0.442. The maximum atomic E-state index is 10.3. The molecule has 1 atom stereocenters. The zero-order valence-corrected chi connectivity index (χ0v) is 5.93. The lowest BCUT2D eigenvalue weighted by Gasteiger charge is -2.08. The third-order valence-corrected chi connectivity index (χ3v) is 2.68. The average Bonchev–Trinajstić information content (AvgIpc) is 1.62. The SMILES string of the molecule is CCC(C)P(=O)(O)O.[AlH3]. The van der Waals surface area contributed by atoms with Gasteiger partial charge in [-0.15, -0.1) is 0 Å². The number of rotatable bonds is 2. The molecule has 0 spiro atoms. The third-order valence-electron chi connectivity index (χ3n) is 1.17. The van der Waals surface area contributed by atoms with Crippen LogP contribution in [0.4, 0.5) is 0 Å². The monoisotopic (exact) mass is 168 g/mol. The fourth-order valence-electron chi connectivity index (χ4n) is 0.238. The van der Waals surface area contributed by atoms with Crippen LogP contribution in [0.3, 0.4) is 0 Å². The molecule has 0 aliphatic carbocycles. The van der Waals surface area contributed by atoms with E-state index in [4.69, 9.17) is 9.79 Å². The summed E-state index contributed by atoms with van der Waals surface area (Å²) in [5.41, 5.74) is -0.484. The summed E-state index contributed by atoms with van der Waals surface area (Å²) in [5.74, 6) is 0. The second-order valence-corrected chi connectivity index (χ2v) is 3.91. The summed E-state index contributed by atoms with van der Waals surface area (Å²) in [6.45, 7) is 3.30. The standard InChI is InChI=1S/C4H11O3P.Al.3H/c1-3-4(2)8(5,6)7;;;;/h4H,3H2,1-2H3,(H2,5,6,7);;;;. The second-order valence-electron chi connectivity index (χ2n) is 1.85. The van der Waals surface area contributed by atoms with Crippen molar-refractivity contribution in [3.63, 3.8) is 0 Å². The van der Waals surface area contributed by atoms with Crippen LogP contribution in [0, 0.1) is 0 Å². The van der Waals surface area contributed by atoms with Gasteiger partial charge in [-0.25, -0.2) is 0 Å². The molecular formula is C4H14AlO3P. The van der Waals surface area contributed by atoms with Crippen molar-refractivity contribution in [1.82, 2.24) is 0 Å².